The second kappa shape index (κ2) is 5.75. The molecule has 0 aromatic heterocycles. The van der Waals surface area contributed by atoms with Gasteiger partial charge in [0.05, 0.1) is 9.85 Å². The fourth-order valence-corrected chi connectivity index (χ4v) is 2.65. The Morgan fingerprint density at radius 3 is 2.06 bits per heavy atom. The van der Waals surface area contributed by atoms with Crippen LogP contribution in [0.2, 0.25) is 10.0 Å². The summed E-state index contributed by atoms with van der Waals surface area (Å²) in [7, 11) is 0. The van der Waals surface area contributed by atoms with Crippen molar-refractivity contribution in [3.63, 3.8) is 0 Å². The molecule has 2 aromatic carbocycles. The van der Waals surface area contributed by atoms with E-state index < -0.39 is 0 Å². The minimum Gasteiger partial charge on any atom is -0.0843 e. The van der Waals surface area contributed by atoms with E-state index in [4.69, 9.17) is 23.2 Å². The zero-order valence-electron chi connectivity index (χ0n) is 8.63. The smallest absolute Gasteiger partial charge is 0.0645 e. The molecular weight excluding hydrogens is 387 g/mol. The van der Waals surface area contributed by atoms with Crippen LogP contribution in [0.5, 0.6) is 0 Å². The van der Waals surface area contributed by atoms with Gasteiger partial charge in [0.15, 0.2) is 0 Å². The molecule has 0 radical (unpaired) electrons. The monoisotopic (exact) mass is 392 g/mol. The third kappa shape index (κ3) is 3.25. The van der Waals surface area contributed by atoms with Crippen molar-refractivity contribution in [2.24, 2.45) is 0 Å². The molecule has 0 spiro atoms. The van der Waals surface area contributed by atoms with Gasteiger partial charge in [-0.1, -0.05) is 57.3 Å². The quantitative estimate of drug-likeness (QED) is 0.529. The summed E-state index contributed by atoms with van der Waals surface area (Å²) in [6.07, 6.45) is 0. The highest BCUT2D eigenvalue weighted by Gasteiger charge is 2.11. The van der Waals surface area contributed by atoms with Crippen LogP contribution in [-0.4, -0.2) is 0 Å². The average Bonchev–Trinajstić information content (AvgIpc) is 2.33. The lowest BCUT2D eigenvalue weighted by atomic mass is 10.1. The molecule has 0 saturated heterocycles. The highest BCUT2D eigenvalue weighted by molar-refractivity contribution is 9.10. The molecule has 2 rings (SSSR count). The van der Waals surface area contributed by atoms with Crippen molar-refractivity contribution in [2.45, 2.75) is 4.83 Å². The zero-order chi connectivity index (χ0) is 12.4. The predicted molar refractivity (Wildman–Crippen MR) is 81.4 cm³/mol. The summed E-state index contributed by atoms with van der Waals surface area (Å²) >= 11 is 19.0. The van der Waals surface area contributed by atoms with Crippen LogP contribution in [0.3, 0.4) is 0 Å². The van der Waals surface area contributed by atoms with E-state index in [-0.39, 0.29) is 4.83 Å². The van der Waals surface area contributed by atoms with Gasteiger partial charge in [0.25, 0.3) is 0 Å². The number of hydrogen-bond donors (Lipinski definition) is 0. The SMILES string of the molecule is Clc1ccc(C(Br)c2ccc(Br)c(Cl)c2)cc1. The summed E-state index contributed by atoms with van der Waals surface area (Å²) in [5.41, 5.74) is 2.26. The third-order valence-corrected chi connectivity index (χ3v) is 4.94. The zero-order valence-corrected chi connectivity index (χ0v) is 13.3. The van der Waals surface area contributed by atoms with Gasteiger partial charge in [-0.3, -0.25) is 0 Å². The molecule has 0 saturated carbocycles. The molecule has 0 aliphatic carbocycles. The third-order valence-electron chi connectivity index (χ3n) is 2.40. The van der Waals surface area contributed by atoms with Crippen molar-refractivity contribution in [1.29, 1.82) is 0 Å². The molecular formula is C13H8Br2Cl2. The number of halogens is 4. The summed E-state index contributed by atoms with van der Waals surface area (Å²) in [4.78, 5) is 0.116. The van der Waals surface area contributed by atoms with Gasteiger partial charge in [0.1, 0.15) is 0 Å². The van der Waals surface area contributed by atoms with Crippen LogP contribution in [0, 0.1) is 0 Å². The number of alkyl halides is 1. The Morgan fingerprint density at radius 2 is 1.47 bits per heavy atom. The van der Waals surface area contributed by atoms with E-state index in [1.165, 1.54) is 0 Å². The molecule has 0 aliphatic rings. The minimum atomic E-state index is 0.116. The van der Waals surface area contributed by atoms with Crippen molar-refractivity contribution < 1.29 is 0 Å². The Morgan fingerprint density at radius 1 is 0.882 bits per heavy atom. The molecule has 0 amide bonds. The molecule has 0 bridgehead atoms. The van der Waals surface area contributed by atoms with Gasteiger partial charge in [-0.15, -0.1) is 0 Å². The first-order chi connectivity index (χ1) is 8.08. The number of benzene rings is 2. The Bertz CT molecular complexity index is 523. The first-order valence-electron chi connectivity index (χ1n) is 4.92. The molecule has 2 aromatic rings. The molecule has 1 atom stereocenters. The molecule has 88 valence electrons. The lowest BCUT2D eigenvalue weighted by Gasteiger charge is -2.11. The van der Waals surface area contributed by atoms with Crippen LogP contribution in [0.15, 0.2) is 46.9 Å². The maximum Gasteiger partial charge on any atom is 0.0645 e. The lowest BCUT2D eigenvalue weighted by molar-refractivity contribution is 1.18. The predicted octanol–water partition coefficient (Wildman–Crippen LogP) is 6.24. The molecule has 0 N–H and O–H groups in total. The Hall–Kier alpha value is -0.0200. The van der Waals surface area contributed by atoms with Gasteiger partial charge in [-0.25, -0.2) is 0 Å². The highest BCUT2D eigenvalue weighted by atomic mass is 79.9. The molecule has 17 heavy (non-hydrogen) atoms. The normalized spacial score (nSPS) is 12.5. The van der Waals surface area contributed by atoms with E-state index >= 15 is 0 Å². The molecule has 0 nitrogen and oxygen atoms in total. The molecule has 0 aliphatic heterocycles. The van der Waals surface area contributed by atoms with E-state index in [1.54, 1.807) is 0 Å². The van der Waals surface area contributed by atoms with Crippen molar-refractivity contribution >= 4 is 55.1 Å². The van der Waals surface area contributed by atoms with Gasteiger partial charge in [0, 0.05) is 9.50 Å². The summed E-state index contributed by atoms with van der Waals surface area (Å²) in [6, 6.07) is 13.7. The van der Waals surface area contributed by atoms with Gasteiger partial charge >= 0.3 is 0 Å². The van der Waals surface area contributed by atoms with Crippen molar-refractivity contribution in [3.8, 4) is 0 Å². The number of rotatable bonds is 2. The Labute approximate surface area is 127 Å². The minimum absolute atomic E-state index is 0.116. The fraction of sp³-hybridized carbons (Fsp3) is 0.0769. The van der Waals surface area contributed by atoms with E-state index in [0.29, 0.717) is 5.02 Å². The number of hydrogen-bond acceptors (Lipinski definition) is 0. The van der Waals surface area contributed by atoms with E-state index in [9.17, 15) is 0 Å². The Balaban J connectivity index is 2.33. The largest absolute Gasteiger partial charge is 0.0843 e. The van der Waals surface area contributed by atoms with Gasteiger partial charge in [-0.2, -0.15) is 0 Å². The molecule has 0 heterocycles. The Kier molecular flexibility index (Phi) is 4.53. The summed E-state index contributed by atoms with van der Waals surface area (Å²) in [5.74, 6) is 0. The van der Waals surface area contributed by atoms with E-state index in [1.807, 2.05) is 42.5 Å². The standard InChI is InChI=1S/C13H8Br2Cl2/c14-11-6-3-9(7-12(11)17)13(15)8-1-4-10(16)5-2-8/h1-7,13H. The molecule has 4 heteroatoms. The van der Waals surface area contributed by atoms with Crippen molar-refractivity contribution in [3.05, 3.63) is 68.1 Å². The maximum atomic E-state index is 6.08. The highest BCUT2D eigenvalue weighted by Crippen LogP contribution is 2.34. The van der Waals surface area contributed by atoms with Crippen LogP contribution < -0.4 is 0 Å². The summed E-state index contributed by atoms with van der Waals surface area (Å²) in [6.45, 7) is 0. The van der Waals surface area contributed by atoms with E-state index in [2.05, 4.69) is 31.9 Å². The van der Waals surface area contributed by atoms with Crippen molar-refractivity contribution in [1.82, 2.24) is 0 Å². The second-order valence-corrected chi connectivity index (χ2v) is 6.20. The summed E-state index contributed by atoms with van der Waals surface area (Å²) in [5, 5.41) is 1.45. The fourth-order valence-electron chi connectivity index (χ4n) is 1.49. The first kappa shape index (κ1) is 13.4. The summed E-state index contributed by atoms with van der Waals surface area (Å²) < 4.78 is 0.902. The lowest BCUT2D eigenvalue weighted by Crippen LogP contribution is -1.92. The first-order valence-corrected chi connectivity index (χ1v) is 7.39. The average molecular weight is 395 g/mol. The second-order valence-electron chi connectivity index (χ2n) is 3.59. The van der Waals surface area contributed by atoms with E-state index in [0.717, 1.165) is 20.6 Å². The van der Waals surface area contributed by atoms with Crippen LogP contribution in [0.4, 0.5) is 0 Å². The van der Waals surface area contributed by atoms with Crippen molar-refractivity contribution in [2.75, 3.05) is 0 Å². The molecule has 0 fully saturated rings. The van der Waals surface area contributed by atoms with Gasteiger partial charge in [-0.05, 0) is 51.3 Å². The van der Waals surface area contributed by atoms with Gasteiger partial charge < -0.3 is 0 Å². The topological polar surface area (TPSA) is 0 Å². The van der Waals surface area contributed by atoms with Crippen LogP contribution in [-0.2, 0) is 0 Å². The van der Waals surface area contributed by atoms with Crippen LogP contribution in [0.1, 0.15) is 16.0 Å². The molecule has 1 unspecified atom stereocenters. The van der Waals surface area contributed by atoms with Crippen LogP contribution >= 0.6 is 55.1 Å². The van der Waals surface area contributed by atoms with Crippen LogP contribution in [0.25, 0.3) is 0 Å². The maximum absolute atomic E-state index is 6.08. The van der Waals surface area contributed by atoms with Gasteiger partial charge in [0.2, 0.25) is 0 Å².